The smallest absolute Gasteiger partial charge is 0.239 e. The molecule has 0 unspecified atom stereocenters. The Bertz CT molecular complexity index is 948. The third-order valence-electron chi connectivity index (χ3n) is 5.07. The lowest BCUT2D eigenvalue weighted by atomic mass is 10.2. The molecule has 0 saturated heterocycles. The van der Waals surface area contributed by atoms with Crippen molar-refractivity contribution in [1.82, 2.24) is 24.9 Å². The summed E-state index contributed by atoms with van der Waals surface area (Å²) in [6.07, 6.45) is 4.72. The van der Waals surface area contributed by atoms with Crippen molar-refractivity contribution in [2.75, 3.05) is 0 Å². The highest BCUT2D eigenvalue weighted by Crippen LogP contribution is 2.41. The van der Waals surface area contributed by atoms with Crippen LogP contribution in [0.2, 0.25) is 5.02 Å². The van der Waals surface area contributed by atoms with E-state index in [2.05, 4.69) is 45.7 Å². The van der Waals surface area contributed by atoms with Crippen LogP contribution in [0.15, 0.2) is 33.9 Å². The average Bonchev–Trinajstić information content (AvgIpc) is 3.42. The minimum absolute atomic E-state index is 0.0107. The third kappa shape index (κ3) is 3.82. The molecule has 2 heterocycles. The molecule has 3 aromatic rings. The van der Waals surface area contributed by atoms with Gasteiger partial charge >= 0.3 is 0 Å². The number of hydrogen-bond acceptors (Lipinski definition) is 6. The molecule has 148 valence electrons. The van der Waals surface area contributed by atoms with Gasteiger partial charge in [-0.1, -0.05) is 67.3 Å². The Morgan fingerprint density at radius 2 is 1.89 bits per heavy atom. The zero-order valence-corrected chi connectivity index (χ0v) is 17.9. The van der Waals surface area contributed by atoms with Crippen LogP contribution < -0.4 is 0 Å². The van der Waals surface area contributed by atoms with E-state index in [1.165, 1.54) is 12.8 Å². The second-order valence-electron chi connectivity index (χ2n) is 7.50. The largest absolute Gasteiger partial charge is 0.338 e. The lowest BCUT2D eigenvalue weighted by Gasteiger charge is -2.18. The fraction of sp³-hybridized carbons (Fsp3) is 0.500. The highest BCUT2D eigenvalue weighted by molar-refractivity contribution is 7.99. The van der Waals surface area contributed by atoms with Gasteiger partial charge in [-0.25, -0.2) is 0 Å². The van der Waals surface area contributed by atoms with Crippen LogP contribution in [0.25, 0.3) is 11.4 Å². The van der Waals surface area contributed by atoms with E-state index in [1.54, 1.807) is 11.8 Å². The van der Waals surface area contributed by atoms with E-state index >= 15 is 0 Å². The summed E-state index contributed by atoms with van der Waals surface area (Å²) in [5.41, 5.74) is 0.919. The standard InChI is InChI=1S/C20H24ClN5OS/c1-12(2)17-22-19(27-25-17)13(3)28-20-24-23-18(15-10-6-7-11-16(15)21)26(20)14-8-4-5-9-14/h6-7,10-14H,4-5,8-9H2,1-3H3/t13-/m0/s1. The van der Waals surface area contributed by atoms with Crippen molar-refractivity contribution in [3.8, 4) is 11.4 Å². The fourth-order valence-corrected chi connectivity index (χ4v) is 4.70. The maximum Gasteiger partial charge on any atom is 0.239 e. The quantitative estimate of drug-likeness (QED) is 0.453. The Morgan fingerprint density at radius 1 is 1.14 bits per heavy atom. The van der Waals surface area contributed by atoms with Gasteiger partial charge in [0.25, 0.3) is 0 Å². The van der Waals surface area contributed by atoms with E-state index in [0.717, 1.165) is 35.2 Å². The summed E-state index contributed by atoms with van der Waals surface area (Å²) in [5, 5.41) is 14.7. The van der Waals surface area contributed by atoms with Crippen molar-refractivity contribution in [1.29, 1.82) is 0 Å². The van der Waals surface area contributed by atoms with Gasteiger partial charge in [-0.2, -0.15) is 4.98 Å². The summed E-state index contributed by atoms with van der Waals surface area (Å²) < 4.78 is 7.73. The molecular formula is C20H24ClN5OS. The molecule has 28 heavy (non-hydrogen) atoms. The zero-order valence-electron chi connectivity index (χ0n) is 16.3. The first-order chi connectivity index (χ1) is 13.5. The number of benzene rings is 1. The molecule has 1 aromatic carbocycles. The fourth-order valence-electron chi connectivity index (χ4n) is 3.53. The molecule has 1 atom stereocenters. The highest BCUT2D eigenvalue weighted by atomic mass is 35.5. The number of thioether (sulfide) groups is 1. The number of aromatic nitrogens is 5. The lowest BCUT2D eigenvalue weighted by molar-refractivity contribution is 0.372. The molecular weight excluding hydrogens is 394 g/mol. The molecule has 1 aliphatic carbocycles. The molecule has 0 N–H and O–H groups in total. The van der Waals surface area contributed by atoms with E-state index in [0.29, 0.717) is 17.0 Å². The first-order valence-electron chi connectivity index (χ1n) is 9.74. The molecule has 8 heteroatoms. The summed E-state index contributed by atoms with van der Waals surface area (Å²) >= 11 is 8.07. The van der Waals surface area contributed by atoms with Crippen molar-refractivity contribution in [2.24, 2.45) is 0 Å². The highest BCUT2D eigenvalue weighted by Gasteiger charge is 2.28. The Hall–Kier alpha value is -1.86. The molecule has 0 radical (unpaired) electrons. The van der Waals surface area contributed by atoms with Crippen LogP contribution in [0.5, 0.6) is 0 Å². The van der Waals surface area contributed by atoms with Crippen molar-refractivity contribution < 1.29 is 4.52 Å². The van der Waals surface area contributed by atoms with Gasteiger partial charge in [-0.3, -0.25) is 4.57 Å². The van der Waals surface area contributed by atoms with E-state index in [4.69, 9.17) is 16.1 Å². The van der Waals surface area contributed by atoms with Crippen molar-refractivity contribution in [2.45, 2.75) is 68.8 Å². The summed E-state index contributed by atoms with van der Waals surface area (Å²) in [6.45, 7) is 6.17. The molecule has 0 bridgehead atoms. The first-order valence-corrected chi connectivity index (χ1v) is 11.0. The summed E-state index contributed by atoms with van der Waals surface area (Å²) in [7, 11) is 0. The van der Waals surface area contributed by atoms with E-state index in [9.17, 15) is 0 Å². The number of hydrogen-bond donors (Lipinski definition) is 0. The van der Waals surface area contributed by atoms with Crippen molar-refractivity contribution in [3.63, 3.8) is 0 Å². The van der Waals surface area contributed by atoms with Gasteiger partial charge in [0.15, 0.2) is 16.8 Å². The monoisotopic (exact) mass is 417 g/mol. The second-order valence-corrected chi connectivity index (χ2v) is 9.22. The van der Waals surface area contributed by atoms with Crippen molar-refractivity contribution in [3.05, 3.63) is 41.0 Å². The Kier molecular flexibility index (Phi) is 5.73. The maximum atomic E-state index is 6.46. The minimum atomic E-state index is -0.0107. The third-order valence-corrected chi connectivity index (χ3v) is 6.45. The molecule has 0 spiro atoms. The van der Waals surface area contributed by atoms with E-state index < -0.39 is 0 Å². The summed E-state index contributed by atoms with van der Waals surface area (Å²) in [4.78, 5) is 4.53. The average molecular weight is 418 g/mol. The van der Waals surface area contributed by atoms with Gasteiger partial charge in [-0.15, -0.1) is 10.2 Å². The molecule has 0 amide bonds. The molecule has 1 saturated carbocycles. The van der Waals surface area contributed by atoms with Crippen LogP contribution >= 0.6 is 23.4 Å². The van der Waals surface area contributed by atoms with Gasteiger partial charge in [0.1, 0.15) is 0 Å². The van der Waals surface area contributed by atoms with Crippen LogP contribution in [0, 0.1) is 0 Å². The van der Waals surface area contributed by atoms with Gasteiger partial charge in [0.2, 0.25) is 5.89 Å². The topological polar surface area (TPSA) is 69.6 Å². The Balaban J connectivity index is 1.67. The van der Waals surface area contributed by atoms with E-state index in [-0.39, 0.29) is 11.2 Å². The molecule has 0 aliphatic heterocycles. The zero-order chi connectivity index (χ0) is 19.7. The van der Waals surface area contributed by atoms with Gasteiger partial charge in [0.05, 0.1) is 10.3 Å². The second kappa shape index (κ2) is 8.25. The Labute approximate surface area is 174 Å². The summed E-state index contributed by atoms with van der Waals surface area (Å²) in [6, 6.07) is 8.21. The molecule has 6 nitrogen and oxygen atoms in total. The SMILES string of the molecule is CC(C)c1noc([C@H](C)Sc2nnc(-c3ccccc3Cl)n2C2CCCC2)n1. The maximum absolute atomic E-state index is 6.46. The van der Waals surface area contributed by atoms with Crippen LogP contribution in [0.3, 0.4) is 0 Å². The molecule has 4 rings (SSSR count). The predicted molar refractivity (Wildman–Crippen MR) is 111 cm³/mol. The van der Waals surface area contributed by atoms with Gasteiger partial charge in [-0.05, 0) is 31.9 Å². The number of nitrogens with zero attached hydrogens (tertiary/aromatic N) is 5. The van der Waals surface area contributed by atoms with Crippen LogP contribution in [-0.4, -0.2) is 24.9 Å². The predicted octanol–water partition coefficient (Wildman–Crippen LogP) is 6.07. The number of halogens is 1. The molecule has 1 aliphatic rings. The number of rotatable bonds is 6. The van der Waals surface area contributed by atoms with Crippen LogP contribution in [-0.2, 0) is 0 Å². The molecule has 2 aromatic heterocycles. The van der Waals surface area contributed by atoms with Gasteiger partial charge < -0.3 is 4.52 Å². The van der Waals surface area contributed by atoms with Crippen LogP contribution in [0.1, 0.15) is 75.4 Å². The normalized spacial score (nSPS) is 16.2. The van der Waals surface area contributed by atoms with Crippen LogP contribution in [0.4, 0.5) is 0 Å². The first kappa shape index (κ1) is 19.5. The minimum Gasteiger partial charge on any atom is -0.338 e. The molecule has 1 fully saturated rings. The Morgan fingerprint density at radius 3 is 2.57 bits per heavy atom. The van der Waals surface area contributed by atoms with E-state index in [1.807, 2.05) is 24.3 Å². The lowest BCUT2D eigenvalue weighted by Crippen LogP contribution is -2.09. The van der Waals surface area contributed by atoms with Crippen molar-refractivity contribution >= 4 is 23.4 Å². The van der Waals surface area contributed by atoms with Gasteiger partial charge in [0, 0.05) is 17.5 Å². The summed E-state index contributed by atoms with van der Waals surface area (Å²) in [5.74, 6) is 2.43.